The van der Waals surface area contributed by atoms with Crippen LogP contribution >= 0.6 is 0 Å². The second-order valence-electron chi connectivity index (χ2n) is 8.83. The summed E-state index contributed by atoms with van der Waals surface area (Å²) in [5.74, 6) is 6.72. The monoisotopic (exact) mass is 443 g/mol. The van der Waals surface area contributed by atoms with E-state index in [9.17, 15) is 5.11 Å². The van der Waals surface area contributed by atoms with Gasteiger partial charge in [0.1, 0.15) is 12.0 Å². The van der Waals surface area contributed by atoms with Crippen molar-refractivity contribution >= 4 is 11.5 Å². The average Bonchev–Trinajstić information content (AvgIpc) is 3.30. The highest BCUT2D eigenvalue weighted by molar-refractivity contribution is 5.78. The van der Waals surface area contributed by atoms with E-state index in [2.05, 4.69) is 21.6 Å². The summed E-state index contributed by atoms with van der Waals surface area (Å²) < 4.78 is 1.69. The lowest BCUT2D eigenvalue weighted by atomic mass is 9.79. The van der Waals surface area contributed by atoms with Crippen LogP contribution in [0.1, 0.15) is 43.7 Å². The fourth-order valence-corrected chi connectivity index (χ4v) is 4.83. The Labute approximate surface area is 192 Å². The molecule has 8 heteroatoms. The average molecular weight is 444 g/mol. The zero-order valence-corrected chi connectivity index (χ0v) is 18.4. The number of aliphatic hydroxyl groups is 1. The number of nitrogen functional groups attached to an aromatic ring is 1. The van der Waals surface area contributed by atoms with Crippen molar-refractivity contribution in [2.24, 2.45) is 11.8 Å². The van der Waals surface area contributed by atoms with E-state index in [1.807, 2.05) is 48.7 Å². The van der Waals surface area contributed by atoms with Crippen molar-refractivity contribution in [2.45, 2.75) is 44.2 Å². The molecule has 0 aliphatic heterocycles. The molecule has 3 aromatic heterocycles. The van der Waals surface area contributed by atoms with Crippen LogP contribution in [0.5, 0.6) is 0 Å². The fourth-order valence-electron chi connectivity index (χ4n) is 4.83. The summed E-state index contributed by atoms with van der Waals surface area (Å²) in [6.07, 6.45) is 7.80. The van der Waals surface area contributed by atoms with E-state index in [0.717, 1.165) is 59.4 Å². The van der Waals surface area contributed by atoms with Crippen LogP contribution in [-0.4, -0.2) is 30.9 Å². The molecule has 1 saturated carbocycles. The lowest BCUT2D eigenvalue weighted by Crippen LogP contribution is -2.36. The number of fused-ring (bicyclic) bond motifs is 1. The summed E-state index contributed by atoms with van der Waals surface area (Å²) in [4.78, 5) is 9.64. The summed E-state index contributed by atoms with van der Waals surface area (Å²) in [5.41, 5.74) is 14.4. The van der Waals surface area contributed by atoms with Gasteiger partial charge in [-0.1, -0.05) is 36.4 Å². The maximum Gasteiger partial charge on any atom is 0.165 e. The zero-order valence-electron chi connectivity index (χ0n) is 18.4. The molecule has 6 N–H and O–H groups in total. The van der Waals surface area contributed by atoms with Gasteiger partial charge in [-0.2, -0.15) is 9.61 Å². The number of rotatable bonds is 6. The first-order valence-corrected chi connectivity index (χ1v) is 11.4. The Kier molecular flexibility index (Phi) is 6.04. The van der Waals surface area contributed by atoms with Gasteiger partial charge in [0, 0.05) is 40.6 Å². The molecule has 170 valence electrons. The topological polar surface area (TPSA) is 127 Å². The van der Waals surface area contributed by atoms with Crippen LogP contribution in [0, 0.1) is 5.92 Å². The molecular weight excluding hydrogens is 414 g/mol. The lowest BCUT2D eigenvalue weighted by Gasteiger charge is -2.29. The predicted octanol–water partition coefficient (Wildman–Crippen LogP) is 3.49. The molecule has 0 spiro atoms. The number of aliphatic hydroxyl groups excluding tert-OH is 1. The van der Waals surface area contributed by atoms with Crippen molar-refractivity contribution < 1.29 is 5.11 Å². The molecule has 1 aliphatic carbocycles. The molecule has 3 heterocycles. The smallest absolute Gasteiger partial charge is 0.165 e. The second kappa shape index (κ2) is 9.27. The minimum Gasteiger partial charge on any atom is -0.384 e. The summed E-state index contributed by atoms with van der Waals surface area (Å²) >= 11 is 0. The molecule has 33 heavy (non-hydrogen) atoms. The summed E-state index contributed by atoms with van der Waals surface area (Å²) in [6.45, 7) is 0. The molecule has 1 atom stereocenters. The van der Waals surface area contributed by atoms with Gasteiger partial charge in [-0.15, -0.1) is 0 Å². The fraction of sp³-hybridized carbons (Fsp3) is 0.320. The molecule has 0 radical (unpaired) electrons. The Morgan fingerprint density at radius 3 is 2.52 bits per heavy atom. The zero-order chi connectivity index (χ0) is 22.8. The van der Waals surface area contributed by atoms with Crippen molar-refractivity contribution in [1.82, 2.24) is 25.0 Å². The number of benzene rings is 1. The van der Waals surface area contributed by atoms with Crippen LogP contribution in [0.3, 0.4) is 0 Å². The van der Waals surface area contributed by atoms with Crippen LogP contribution in [0.4, 0.5) is 5.82 Å². The largest absolute Gasteiger partial charge is 0.384 e. The normalized spacial score (nSPS) is 19.6. The third-order valence-electron chi connectivity index (χ3n) is 6.68. The molecule has 8 nitrogen and oxygen atoms in total. The first-order valence-electron chi connectivity index (χ1n) is 11.4. The Morgan fingerprint density at radius 1 is 1.03 bits per heavy atom. The Balaban J connectivity index is 1.39. The number of nitrogens with two attached hydrogens (primary N) is 2. The van der Waals surface area contributed by atoms with Gasteiger partial charge in [0.25, 0.3) is 0 Å². The maximum absolute atomic E-state index is 9.77. The molecule has 0 saturated heterocycles. The minimum atomic E-state index is -0.645. The van der Waals surface area contributed by atoms with E-state index in [1.54, 1.807) is 10.7 Å². The lowest BCUT2D eigenvalue weighted by molar-refractivity contribution is 0.0971. The number of hydrazine groups is 1. The first-order chi connectivity index (χ1) is 16.1. The number of nitrogens with one attached hydrogen (secondary N) is 1. The van der Waals surface area contributed by atoms with E-state index in [-0.39, 0.29) is 0 Å². The van der Waals surface area contributed by atoms with Crippen molar-refractivity contribution in [1.29, 1.82) is 0 Å². The SMILES string of the molecule is NNC(O)CC1CCC(c2cc(N)n3ncc(-c4ccc(-c5ccccc5)nc4)c3n2)CC1. The standard InChI is InChI=1S/C25H29N7O/c26-23-13-22(18-8-6-16(7-9-18)12-24(33)31-27)30-25-20(15-29-32(23)25)19-10-11-21(28-14-19)17-4-2-1-3-5-17/h1-5,10-11,13-16,18,24,31,33H,6-9,12,26-27H2. The minimum absolute atomic E-state index is 0.345. The highest BCUT2D eigenvalue weighted by Gasteiger charge is 2.26. The molecule has 1 unspecified atom stereocenters. The van der Waals surface area contributed by atoms with Crippen molar-refractivity contribution in [3.8, 4) is 22.4 Å². The number of pyridine rings is 1. The molecule has 0 bridgehead atoms. The Hall–Kier alpha value is -3.33. The van der Waals surface area contributed by atoms with Gasteiger partial charge in [0.05, 0.1) is 11.9 Å². The van der Waals surface area contributed by atoms with Gasteiger partial charge in [0.15, 0.2) is 5.65 Å². The third-order valence-corrected chi connectivity index (χ3v) is 6.68. The van der Waals surface area contributed by atoms with Crippen LogP contribution in [0.2, 0.25) is 0 Å². The molecule has 5 rings (SSSR count). The predicted molar refractivity (Wildman–Crippen MR) is 129 cm³/mol. The number of aromatic nitrogens is 4. The second-order valence-corrected chi connectivity index (χ2v) is 8.83. The van der Waals surface area contributed by atoms with E-state index < -0.39 is 6.23 Å². The third kappa shape index (κ3) is 4.45. The number of hydrogen-bond donors (Lipinski definition) is 4. The highest BCUT2D eigenvalue weighted by Crippen LogP contribution is 2.38. The van der Waals surface area contributed by atoms with Gasteiger partial charge >= 0.3 is 0 Å². The number of nitrogens with zero attached hydrogens (tertiary/aromatic N) is 4. The van der Waals surface area contributed by atoms with Gasteiger partial charge < -0.3 is 10.8 Å². The highest BCUT2D eigenvalue weighted by atomic mass is 16.3. The van der Waals surface area contributed by atoms with Crippen molar-refractivity contribution in [3.05, 3.63) is 66.6 Å². The molecule has 4 aromatic rings. The van der Waals surface area contributed by atoms with Crippen molar-refractivity contribution in [3.63, 3.8) is 0 Å². The van der Waals surface area contributed by atoms with Gasteiger partial charge in [-0.25, -0.2) is 10.4 Å². The van der Waals surface area contributed by atoms with Crippen LogP contribution in [-0.2, 0) is 0 Å². The quantitative estimate of drug-likeness (QED) is 0.204. The summed E-state index contributed by atoms with van der Waals surface area (Å²) in [7, 11) is 0. The summed E-state index contributed by atoms with van der Waals surface area (Å²) in [6, 6.07) is 16.1. The molecule has 1 aliphatic rings. The van der Waals surface area contributed by atoms with Gasteiger partial charge in [-0.3, -0.25) is 10.8 Å². The maximum atomic E-state index is 9.77. The van der Waals surface area contributed by atoms with Gasteiger partial charge in [-0.05, 0) is 44.1 Å². The van der Waals surface area contributed by atoms with Crippen LogP contribution < -0.4 is 17.0 Å². The van der Waals surface area contributed by atoms with E-state index in [0.29, 0.717) is 24.1 Å². The molecule has 1 aromatic carbocycles. The number of hydrogen-bond acceptors (Lipinski definition) is 7. The van der Waals surface area contributed by atoms with Crippen LogP contribution in [0.15, 0.2) is 60.9 Å². The number of anilines is 1. The van der Waals surface area contributed by atoms with E-state index in [1.165, 1.54) is 0 Å². The molecular formula is C25H29N7O. The van der Waals surface area contributed by atoms with E-state index in [4.69, 9.17) is 16.6 Å². The molecule has 0 amide bonds. The van der Waals surface area contributed by atoms with E-state index >= 15 is 0 Å². The summed E-state index contributed by atoms with van der Waals surface area (Å²) in [5, 5.41) is 14.2. The molecule has 1 fully saturated rings. The first kappa shape index (κ1) is 21.5. The Bertz CT molecular complexity index is 1210. The van der Waals surface area contributed by atoms with Crippen LogP contribution in [0.25, 0.3) is 28.0 Å². The Morgan fingerprint density at radius 2 is 1.82 bits per heavy atom. The van der Waals surface area contributed by atoms with Crippen molar-refractivity contribution in [2.75, 3.05) is 5.73 Å². The van der Waals surface area contributed by atoms with Gasteiger partial charge in [0.2, 0.25) is 0 Å².